The van der Waals surface area contributed by atoms with Gasteiger partial charge in [0.2, 0.25) is 0 Å². The maximum absolute atomic E-state index is 4.21. The van der Waals surface area contributed by atoms with Crippen LogP contribution in [0.15, 0.2) is 12.5 Å². The molecule has 0 aliphatic heterocycles. The third kappa shape index (κ3) is 2.33. The minimum absolute atomic E-state index is 0.525. The normalized spacial score (nSPS) is 13.6. The maximum Gasteiger partial charge on any atom is 0.0950 e. The van der Waals surface area contributed by atoms with Crippen LogP contribution in [0.4, 0.5) is 0 Å². The van der Waals surface area contributed by atoms with E-state index in [0.717, 1.165) is 0 Å². The van der Waals surface area contributed by atoms with Crippen LogP contribution in [0.2, 0.25) is 0 Å². The van der Waals surface area contributed by atoms with Gasteiger partial charge < -0.3 is 4.57 Å². The van der Waals surface area contributed by atoms with Crippen LogP contribution in [0, 0.1) is 0 Å². The Kier molecular flexibility index (Phi) is 3.52. The molecule has 1 atom stereocenters. The van der Waals surface area contributed by atoms with E-state index in [1.165, 1.54) is 18.5 Å². The highest BCUT2D eigenvalue weighted by Gasteiger charge is 2.11. The van der Waals surface area contributed by atoms with Crippen molar-refractivity contribution in [3.05, 3.63) is 18.2 Å². The van der Waals surface area contributed by atoms with Crippen molar-refractivity contribution in [2.24, 2.45) is 0 Å². The first-order valence-corrected chi connectivity index (χ1v) is 5.18. The molecule has 1 aromatic rings. The Morgan fingerprint density at radius 2 is 2.08 bits per heavy atom. The largest absolute Gasteiger partial charge is 0.332 e. The Morgan fingerprint density at radius 3 is 2.62 bits per heavy atom. The highest BCUT2D eigenvalue weighted by molar-refractivity contribution is 5.05. The number of hydrogen-bond donors (Lipinski definition) is 0. The monoisotopic (exact) mass is 180 g/mol. The predicted molar refractivity (Wildman–Crippen MR) is 55.9 cm³/mol. The molecule has 1 aromatic heterocycles. The van der Waals surface area contributed by atoms with Gasteiger partial charge in [0.1, 0.15) is 0 Å². The topological polar surface area (TPSA) is 17.8 Å². The standard InChI is InChI=1S/C11H20N2/c1-5-6-10(4)11-7-12-8-13(11)9(2)3/h7-10H,5-6H2,1-4H3. The fourth-order valence-electron chi connectivity index (χ4n) is 1.71. The van der Waals surface area contributed by atoms with Crippen LogP contribution in [0.25, 0.3) is 0 Å². The van der Waals surface area contributed by atoms with Crippen LogP contribution < -0.4 is 0 Å². The molecule has 0 bridgehead atoms. The van der Waals surface area contributed by atoms with Crippen LogP contribution in [0.1, 0.15) is 58.2 Å². The van der Waals surface area contributed by atoms with Crippen molar-refractivity contribution in [3.8, 4) is 0 Å². The smallest absolute Gasteiger partial charge is 0.0950 e. The SMILES string of the molecule is CCCC(C)c1cncn1C(C)C. The van der Waals surface area contributed by atoms with Gasteiger partial charge in [0.15, 0.2) is 0 Å². The molecular weight excluding hydrogens is 160 g/mol. The Balaban J connectivity index is 2.80. The van der Waals surface area contributed by atoms with Crippen LogP contribution in [0.5, 0.6) is 0 Å². The Morgan fingerprint density at radius 1 is 1.38 bits per heavy atom. The van der Waals surface area contributed by atoms with E-state index in [-0.39, 0.29) is 0 Å². The molecule has 0 N–H and O–H groups in total. The summed E-state index contributed by atoms with van der Waals surface area (Å²) >= 11 is 0. The Hall–Kier alpha value is -0.790. The van der Waals surface area contributed by atoms with E-state index in [0.29, 0.717) is 12.0 Å². The summed E-state index contributed by atoms with van der Waals surface area (Å²) in [6.45, 7) is 8.90. The first-order valence-electron chi connectivity index (χ1n) is 5.18. The lowest BCUT2D eigenvalue weighted by molar-refractivity contribution is 0.532. The molecule has 0 saturated heterocycles. The van der Waals surface area contributed by atoms with Crippen LogP contribution >= 0.6 is 0 Å². The predicted octanol–water partition coefficient (Wildman–Crippen LogP) is 3.37. The summed E-state index contributed by atoms with van der Waals surface area (Å²) in [7, 11) is 0. The lowest BCUT2D eigenvalue weighted by Gasteiger charge is -2.16. The van der Waals surface area contributed by atoms with Gasteiger partial charge in [-0.2, -0.15) is 0 Å². The van der Waals surface area contributed by atoms with E-state index in [1.54, 1.807) is 0 Å². The molecular formula is C11H20N2. The first-order chi connectivity index (χ1) is 6.16. The van der Waals surface area contributed by atoms with E-state index < -0.39 is 0 Å². The van der Waals surface area contributed by atoms with Gasteiger partial charge in [-0.3, -0.25) is 0 Å². The molecule has 1 heterocycles. The zero-order valence-corrected chi connectivity index (χ0v) is 9.12. The Labute approximate surface area is 81.0 Å². The number of nitrogens with zero attached hydrogens (tertiary/aromatic N) is 2. The summed E-state index contributed by atoms with van der Waals surface area (Å²) in [5, 5.41) is 0. The van der Waals surface area contributed by atoms with Crippen molar-refractivity contribution >= 4 is 0 Å². The number of rotatable bonds is 4. The zero-order valence-electron chi connectivity index (χ0n) is 9.12. The molecule has 0 spiro atoms. The molecule has 0 radical (unpaired) electrons. The average molecular weight is 180 g/mol. The minimum Gasteiger partial charge on any atom is -0.332 e. The van der Waals surface area contributed by atoms with Crippen LogP contribution in [0.3, 0.4) is 0 Å². The summed E-state index contributed by atoms with van der Waals surface area (Å²) in [6, 6.07) is 0.525. The molecule has 1 unspecified atom stereocenters. The van der Waals surface area contributed by atoms with E-state index in [9.17, 15) is 0 Å². The third-order valence-corrected chi connectivity index (χ3v) is 2.48. The molecule has 1 rings (SSSR count). The molecule has 0 aromatic carbocycles. The van der Waals surface area contributed by atoms with Gasteiger partial charge in [0, 0.05) is 17.9 Å². The Bertz CT molecular complexity index is 250. The van der Waals surface area contributed by atoms with E-state index in [2.05, 4.69) is 37.2 Å². The average Bonchev–Trinajstić information content (AvgIpc) is 2.52. The van der Waals surface area contributed by atoms with Crippen LogP contribution in [-0.2, 0) is 0 Å². The van der Waals surface area contributed by atoms with E-state index >= 15 is 0 Å². The second kappa shape index (κ2) is 4.45. The van der Waals surface area contributed by atoms with Crippen molar-refractivity contribution in [2.75, 3.05) is 0 Å². The lowest BCUT2D eigenvalue weighted by Crippen LogP contribution is -2.06. The summed E-state index contributed by atoms with van der Waals surface area (Å²) in [4.78, 5) is 4.21. The number of hydrogen-bond acceptors (Lipinski definition) is 1. The minimum atomic E-state index is 0.525. The fraction of sp³-hybridized carbons (Fsp3) is 0.727. The van der Waals surface area contributed by atoms with Gasteiger partial charge in [0.05, 0.1) is 6.33 Å². The fourth-order valence-corrected chi connectivity index (χ4v) is 1.71. The van der Waals surface area contributed by atoms with Gasteiger partial charge in [-0.15, -0.1) is 0 Å². The lowest BCUT2D eigenvalue weighted by atomic mass is 10.0. The molecule has 0 fully saturated rings. The number of aromatic nitrogens is 2. The van der Waals surface area contributed by atoms with E-state index in [1.807, 2.05) is 12.5 Å². The highest BCUT2D eigenvalue weighted by atomic mass is 15.1. The van der Waals surface area contributed by atoms with Crippen molar-refractivity contribution < 1.29 is 0 Å². The third-order valence-electron chi connectivity index (χ3n) is 2.48. The molecule has 2 heteroatoms. The van der Waals surface area contributed by atoms with Crippen molar-refractivity contribution in [1.29, 1.82) is 0 Å². The molecule has 0 amide bonds. The van der Waals surface area contributed by atoms with Crippen molar-refractivity contribution in [2.45, 2.75) is 52.5 Å². The van der Waals surface area contributed by atoms with Gasteiger partial charge in [-0.1, -0.05) is 20.3 Å². The highest BCUT2D eigenvalue weighted by Crippen LogP contribution is 2.22. The van der Waals surface area contributed by atoms with E-state index in [4.69, 9.17) is 0 Å². The second-order valence-corrected chi connectivity index (χ2v) is 4.01. The van der Waals surface area contributed by atoms with Gasteiger partial charge in [-0.25, -0.2) is 4.98 Å². The molecule has 0 saturated carbocycles. The summed E-state index contributed by atoms with van der Waals surface area (Å²) in [5.74, 6) is 0.634. The molecule has 13 heavy (non-hydrogen) atoms. The molecule has 2 nitrogen and oxygen atoms in total. The quantitative estimate of drug-likeness (QED) is 0.694. The van der Waals surface area contributed by atoms with Crippen LogP contribution in [-0.4, -0.2) is 9.55 Å². The summed E-state index contributed by atoms with van der Waals surface area (Å²) < 4.78 is 2.26. The molecule has 0 aliphatic carbocycles. The van der Waals surface area contributed by atoms with Crippen molar-refractivity contribution in [3.63, 3.8) is 0 Å². The number of imidazole rings is 1. The van der Waals surface area contributed by atoms with Gasteiger partial charge in [-0.05, 0) is 26.2 Å². The maximum atomic E-state index is 4.21. The van der Waals surface area contributed by atoms with Gasteiger partial charge in [0.25, 0.3) is 0 Å². The molecule has 0 aliphatic rings. The second-order valence-electron chi connectivity index (χ2n) is 4.01. The summed E-state index contributed by atoms with van der Waals surface area (Å²) in [6.07, 6.45) is 6.43. The van der Waals surface area contributed by atoms with Gasteiger partial charge >= 0.3 is 0 Å². The zero-order chi connectivity index (χ0) is 9.84. The first kappa shape index (κ1) is 10.3. The summed E-state index contributed by atoms with van der Waals surface area (Å²) in [5.41, 5.74) is 1.37. The van der Waals surface area contributed by atoms with Crippen molar-refractivity contribution in [1.82, 2.24) is 9.55 Å². The molecule has 74 valence electrons.